The summed E-state index contributed by atoms with van der Waals surface area (Å²) in [6.45, 7) is 4.10. The third kappa shape index (κ3) is 3.47. The lowest BCUT2D eigenvalue weighted by Crippen LogP contribution is -2.38. The Hall–Kier alpha value is -2.10. The van der Waals surface area contributed by atoms with Gasteiger partial charge in [-0.15, -0.1) is 0 Å². The first kappa shape index (κ1) is 16.0. The van der Waals surface area contributed by atoms with Crippen molar-refractivity contribution in [2.24, 2.45) is 11.8 Å². The quantitative estimate of drug-likeness (QED) is 0.565. The molecule has 0 spiro atoms. The molecule has 0 aliphatic rings. The second-order valence-corrected chi connectivity index (χ2v) is 4.73. The van der Waals surface area contributed by atoms with Crippen molar-refractivity contribution in [3.63, 3.8) is 0 Å². The summed E-state index contributed by atoms with van der Waals surface area (Å²) in [5.41, 5.74) is 0.336. The fourth-order valence-electron chi connectivity index (χ4n) is 2.22. The number of carbonyl (C=O) groups is 4. The molecule has 20 heavy (non-hydrogen) atoms. The standard InChI is InChI=1S/C16H18O4/c1-4-13(19)14(10(2)17)15(11(3)18)16(20)12-8-6-5-7-9-12/h5-9,14-15H,4H2,1-3H3. The van der Waals surface area contributed by atoms with Crippen molar-refractivity contribution in [1.29, 1.82) is 0 Å². The molecular weight excluding hydrogens is 256 g/mol. The van der Waals surface area contributed by atoms with Gasteiger partial charge in [0, 0.05) is 12.0 Å². The zero-order chi connectivity index (χ0) is 15.3. The molecule has 0 amide bonds. The van der Waals surface area contributed by atoms with E-state index in [-0.39, 0.29) is 12.2 Å². The van der Waals surface area contributed by atoms with Crippen LogP contribution in [0.2, 0.25) is 0 Å². The van der Waals surface area contributed by atoms with Crippen molar-refractivity contribution >= 4 is 23.1 Å². The normalized spacial score (nSPS) is 13.3. The molecule has 0 N–H and O–H groups in total. The zero-order valence-electron chi connectivity index (χ0n) is 11.9. The van der Waals surface area contributed by atoms with Crippen molar-refractivity contribution < 1.29 is 19.2 Å². The average molecular weight is 274 g/mol. The second-order valence-electron chi connectivity index (χ2n) is 4.73. The summed E-state index contributed by atoms with van der Waals surface area (Å²) >= 11 is 0. The molecule has 1 aromatic carbocycles. The first-order chi connectivity index (χ1) is 9.40. The highest BCUT2D eigenvalue weighted by molar-refractivity contribution is 6.17. The maximum atomic E-state index is 12.4. The van der Waals surface area contributed by atoms with Crippen LogP contribution >= 0.6 is 0 Å². The van der Waals surface area contributed by atoms with E-state index >= 15 is 0 Å². The fraction of sp³-hybridized carbons (Fsp3) is 0.375. The summed E-state index contributed by atoms with van der Waals surface area (Å²) in [5.74, 6) is -4.14. The summed E-state index contributed by atoms with van der Waals surface area (Å²) in [5, 5.41) is 0. The van der Waals surface area contributed by atoms with Gasteiger partial charge < -0.3 is 0 Å². The smallest absolute Gasteiger partial charge is 0.174 e. The molecule has 0 saturated heterocycles. The highest BCUT2D eigenvalue weighted by Gasteiger charge is 2.39. The van der Waals surface area contributed by atoms with Crippen molar-refractivity contribution in [2.75, 3.05) is 0 Å². The molecule has 0 aliphatic heterocycles. The van der Waals surface area contributed by atoms with Gasteiger partial charge in [0.25, 0.3) is 0 Å². The number of ketones is 4. The maximum absolute atomic E-state index is 12.4. The topological polar surface area (TPSA) is 68.3 Å². The number of rotatable bonds is 7. The van der Waals surface area contributed by atoms with E-state index in [1.165, 1.54) is 13.8 Å². The molecule has 0 aliphatic carbocycles. The van der Waals surface area contributed by atoms with Gasteiger partial charge in [-0.3, -0.25) is 19.2 Å². The Morgan fingerprint density at radius 3 is 1.80 bits per heavy atom. The Morgan fingerprint density at radius 2 is 1.40 bits per heavy atom. The molecule has 0 heterocycles. The lowest BCUT2D eigenvalue weighted by atomic mass is 9.78. The first-order valence-corrected chi connectivity index (χ1v) is 6.53. The minimum atomic E-state index is -1.22. The molecule has 0 saturated carbocycles. The van der Waals surface area contributed by atoms with E-state index in [4.69, 9.17) is 0 Å². The van der Waals surface area contributed by atoms with Gasteiger partial charge in [0.1, 0.15) is 17.3 Å². The van der Waals surface area contributed by atoms with Crippen molar-refractivity contribution in [3.05, 3.63) is 35.9 Å². The van der Waals surface area contributed by atoms with Gasteiger partial charge in [-0.2, -0.15) is 0 Å². The third-order valence-corrected chi connectivity index (χ3v) is 3.25. The van der Waals surface area contributed by atoms with E-state index in [2.05, 4.69) is 0 Å². The Morgan fingerprint density at radius 1 is 0.900 bits per heavy atom. The first-order valence-electron chi connectivity index (χ1n) is 6.53. The molecule has 0 fully saturated rings. The molecule has 0 aromatic heterocycles. The largest absolute Gasteiger partial charge is 0.299 e. The highest BCUT2D eigenvalue weighted by Crippen LogP contribution is 2.22. The molecule has 0 bridgehead atoms. The van der Waals surface area contributed by atoms with E-state index in [9.17, 15) is 19.2 Å². The molecule has 0 radical (unpaired) electrons. The molecular formula is C16H18O4. The van der Waals surface area contributed by atoms with Crippen LogP contribution in [-0.2, 0) is 14.4 Å². The number of carbonyl (C=O) groups excluding carboxylic acids is 4. The van der Waals surface area contributed by atoms with E-state index in [0.29, 0.717) is 5.56 Å². The summed E-state index contributed by atoms with van der Waals surface area (Å²) in [7, 11) is 0. The number of hydrogen-bond acceptors (Lipinski definition) is 4. The molecule has 4 nitrogen and oxygen atoms in total. The Kier molecular flexibility index (Phi) is 5.50. The average Bonchev–Trinajstić information content (AvgIpc) is 2.43. The Bertz CT molecular complexity index is 531. The van der Waals surface area contributed by atoms with Crippen LogP contribution in [0.3, 0.4) is 0 Å². The number of Topliss-reactive ketones (excluding diaryl/α,β-unsaturated/α-hetero) is 4. The number of hydrogen-bond donors (Lipinski definition) is 0. The Labute approximate surface area is 118 Å². The van der Waals surface area contributed by atoms with Gasteiger partial charge in [0.05, 0.1) is 11.8 Å². The van der Waals surface area contributed by atoms with Crippen LogP contribution in [0, 0.1) is 11.8 Å². The van der Waals surface area contributed by atoms with Crippen LogP contribution in [0.1, 0.15) is 37.6 Å². The molecule has 2 atom stereocenters. The van der Waals surface area contributed by atoms with E-state index in [0.717, 1.165) is 0 Å². The van der Waals surface area contributed by atoms with Gasteiger partial charge in [0.2, 0.25) is 0 Å². The van der Waals surface area contributed by atoms with E-state index in [1.54, 1.807) is 37.3 Å². The fourth-order valence-corrected chi connectivity index (χ4v) is 2.22. The van der Waals surface area contributed by atoms with Crippen LogP contribution in [0.25, 0.3) is 0 Å². The predicted octanol–water partition coefficient (Wildman–Crippen LogP) is 2.26. The second kappa shape index (κ2) is 6.89. The zero-order valence-corrected chi connectivity index (χ0v) is 11.9. The van der Waals surface area contributed by atoms with E-state index < -0.39 is 29.2 Å². The van der Waals surface area contributed by atoms with E-state index in [1.807, 2.05) is 0 Å². The molecule has 106 valence electrons. The minimum Gasteiger partial charge on any atom is -0.299 e. The van der Waals surface area contributed by atoms with Crippen molar-refractivity contribution in [1.82, 2.24) is 0 Å². The maximum Gasteiger partial charge on any atom is 0.174 e. The SMILES string of the molecule is CCC(=O)C(C(C)=O)C(C(C)=O)C(=O)c1ccccc1. The van der Waals surface area contributed by atoms with Crippen molar-refractivity contribution in [2.45, 2.75) is 27.2 Å². The third-order valence-electron chi connectivity index (χ3n) is 3.25. The predicted molar refractivity (Wildman–Crippen MR) is 74.4 cm³/mol. The molecule has 1 aromatic rings. The molecule has 4 heteroatoms. The van der Waals surface area contributed by atoms with Gasteiger partial charge in [-0.1, -0.05) is 37.3 Å². The monoisotopic (exact) mass is 274 g/mol. The highest BCUT2D eigenvalue weighted by atomic mass is 16.2. The summed E-state index contributed by atoms with van der Waals surface area (Å²) < 4.78 is 0. The molecule has 1 rings (SSSR count). The van der Waals surface area contributed by atoms with Crippen LogP contribution in [0.5, 0.6) is 0 Å². The lowest BCUT2D eigenvalue weighted by Gasteiger charge is -2.20. The van der Waals surface area contributed by atoms with Gasteiger partial charge in [-0.25, -0.2) is 0 Å². The van der Waals surface area contributed by atoms with Crippen LogP contribution in [-0.4, -0.2) is 23.1 Å². The van der Waals surface area contributed by atoms with Crippen LogP contribution < -0.4 is 0 Å². The lowest BCUT2D eigenvalue weighted by molar-refractivity contribution is -0.137. The Balaban J connectivity index is 3.23. The van der Waals surface area contributed by atoms with Crippen LogP contribution in [0.4, 0.5) is 0 Å². The van der Waals surface area contributed by atoms with Crippen molar-refractivity contribution in [3.8, 4) is 0 Å². The van der Waals surface area contributed by atoms with Crippen LogP contribution in [0.15, 0.2) is 30.3 Å². The summed E-state index contributed by atoms with van der Waals surface area (Å²) in [6, 6.07) is 8.25. The summed E-state index contributed by atoms with van der Waals surface area (Å²) in [6.07, 6.45) is 0.121. The summed E-state index contributed by atoms with van der Waals surface area (Å²) in [4.78, 5) is 47.8. The van der Waals surface area contributed by atoms with Gasteiger partial charge >= 0.3 is 0 Å². The minimum absolute atomic E-state index is 0.121. The number of benzene rings is 1. The van der Waals surface area contributed by atoms with Gasteiger partial charge in [-0.05, 0) is 13.8 Å². The van der Waals surface area contributed by atoms with Gasteiger partial charge in [0.15, 0.2) is 5.78 Å². The molecule has 2 unspecified atom stereocenters.